The molecule has 0 radical (unpaired) electrons. The number of hydrogen-bond acceptors (Lipinski definition) is 37. The van der Waals surface area contributed by atoms with E-state index in [1.54, 1.807) is 0 Å². The fraction of sp³-hybridized carbons (Fsp3) is 0.914. The number of carbonyl (C=O) groups excluding carboxylic acids is 4. The molecular weight excluding hydrogens is 1780 g/mol. The molecule has 0 aromatic rings. The van der Waals surface area contributed by atoms with Crippen LogP contribution < -0.4 is 16.0 Å². The van der Waals surface area contributed by atoms with Crippen LogP contribution in [0, 0.1) is 5.92 Å². The lowest BCUT2D eigenvalue weighted by molar-refractivity contribution is -0.408. The SMILES string of the molecule is CCCCCCCC/C=C\CCCCCCCCCCCCCCCC(=O)N[C@@H](CO[C@@H]1O[C@H](CO)[C@@H](O[C@@H]2O[C@H](CO)[C@H](O[C@@H]3O[C@H](CO)[C@H](O)[C@H](O[C@@H]4O[C@H](CO)[C@H](O)[C@H](O[C@]5(C(=O)O)C[C@H](O)[C@@H](NC(C)=O)C([C@H](O)[C@H](O)CO)O5)[C@H]4O)[C@H]3CC(C)=O)[C@H](O[C@]3(C(=O)O)C[C@H](O)[C@@H](NC(C)=O)C([C@H](O)[C@H](O)CO)O3)[C@H]2O)[C@H](O)[C@H]1O)[C@H](O)CCCCCCCCCCCCCCC. The van der Waals surface area contributed by atoms with Crippen LogP contribution in [0.15, 0.2) is 12.2 Å². The second-order valence-electron chi connectivity index (χ2n) is 37.4. The zero-order valence-corrected chi connectivity index (χ0v) is 79.4. The zero-order chi connectivity index (χ0) is 99.5. The highest BCUT2D eigenvalue weighted by atomic mass is 16.8. The smallest absolute Gasteiger partial charge is 0.364 e. The van der Waals surface area contributed by atoms with Crippen LogP contribution in [0.25, 0.3) is 0 Å². The van der Waals surface area contributed by atoms with E-state index in [1.165, 1.54) is 135 Å². The predicted octanol–water partition coefficient (Wildman–Crippen LogP) is 0.343. The van der Waals surface area contributed by atoms with Gasteiger partial charge in [-0.05, 0) is 45.4 Å². The highest BCUT2D eigenvalue weighted by molar-refractivity contribution is 5.78. The molecule has 24 N–H and O–H groups in total. The molecule has 0 saturated carbocycles. The van der Waals surface area contributed by atoms with Gasteiger partial charge in [0, 0.05) is 45.4 Å². The monoisotopic (exact) mass is 1950 g/mol. The molecule has 135 heavy (non-hydrogen) atoms. The third-order valence-corrected chi connectivity index (χ3v) is 26.4. The molecule has 42 nitrogen and oxygen atoms in total. The normalized spacial score (nSPS) is 33.8. The van der Waals surface area contributed by atoms with Gasteiger partial charge in [0.05, 0.1) is 88.8 Å². The van der Waals surface area contributed by atoms with Crippen LogP contribution in [-0.4, -0.2) is 390 Å². The number of unbranched alkanes of at least 4 members (excludes halogenated alkanes) is 31. The Morgan fingerprint density at radius 1 is 0.400 bits per heavy atom. The first-order valence-corrected chi connectivity index (χ1v) is 49.4. The second-order valence-corrected chi connectivity index (χ2v) is 37.4. The number of carboxylic acid groups (broad SMARTS) is 2. The molecule has 0 bridgehead atoms. The summed E-state index contributed by atoms with van der Waals surface area (Å²) in [5.41, 5.74) is 0. The van der Waals surface area contributed by atoms with Gasteiger partial charge in [0.2, 0.25) is 17.7 Å². The maximum atomic E-state index is 14.1. The number of ether oxygens (including phenoxy) is 12. The molecule has 2 unspecified atom stereocenters. The number of Topliss-reactive ketones (excluding diaryl/α,β-unsaturated/α-hetero) is 1. The largest absolute Gasteiger partial charge is 0.477 e. The molecule has 42 heteroatoms. The summed E-state index contributed by atoms with van der Waals surface area (Å²) >= 11 is 0. The number of carbonyl (C=O) groups is 6. The number of hydrogen-bond donors (Lipinski definition) is 24. The van der Waals surface area contributed by atoms with Crippen LogP contribution in [0.4, 0.5) is 0 Å². The summed E-state index contributed by atoms with van der Waals surface area (Å²) in [6.07, 6.45) is -21.8. The van der Waals surface area contributed by atoms with Crippen LogP contribution in [0.5, 0.6) is 0 Å². The van der Waals surface area contributed by atoms with Crippen LogP contribution >= 0.6 is 0 Å². The number of carboxylic acids is 2. The fourth-order valence-electron chi connectivity index (χ4n) is 18.6. The summed E-state index contributed by atoms with van der Waals surface area (Å²) < 4.78 is 72.9. The van der Waals surface area contributed by atoms with Gasteiger partial charge in [0.25, 0.3) is 11.6 Å². The Morgan fingerprint density at radius 3 is 1.18 bits per heavy atom. The fourth-order valence-corrected chi connectivity index (χ4v) is 18.6. The number of rotatable bonds is 68. The molecule has 6 aliphatic heterocycles. The van der Waals surface area contributed by atoms with Crippen molar-refractivity contribution in [2.24, 2.45) is 5.92 Å². The number of nitrogens with one attached hydrogen (secondary N) is 3. The van der Waals surface area contributed by atoms with Crippen molar-refractivity contribution in [2.45, 2.75) is 486 Å². The van der Waals surface area contributed by atoms with E-state index in [-0.39, 0.29) is 18.7 Å². The van der Waals surface area contributed by atoms with E-state index in [2.05, 4.69) is 41.9 Å². The van der Waals surface area contributed by atoms with E-state index in [0.29, 0.717) is 12.8 Å². The molecule has 786 valence electrons. The average molecular weight is 1950 g/mol. The first-order chi connectivity index (χ1) is 64.6. The lowest BCUT2D eigenvalue weighted by atomic mass is 9.86. The van der Waals surface area contributed by atoms with Crippen LogP contribution in [0.2, 0.25) is 0 Å². The second kappa shape index (κ2) is 62.8. The molecule has 0 aromatic carbocycles. The third-order valence-electron chi connectivity index (χ3n) is 26.4. The van der Waals surface area contributed by atoms with Gasteiger partial charge >= 0.3 is 11.9 Å². The van der Waals surface area contributed by atoms with Gasteiger partial charge in [-0.1, -0.05) is 212 Å². The van der Waals surface area contributed by atoms with Gasteiger partial charge < -0.3 is 185 Å². The van der Waals surface area contributed by atoms with Crippen molar-refractivity contribution >= 4 is 35.4 Å². The molecule has 6 aliphatic rings. The average Bonchev–Trinajstić information content (AvgIpc) is 0.748. The minimum Gasteiger partial charge on any atom is -0.477 e. The van der Waals surface area contributed by atoms with Gasteiger partial charge in [0.15, 0.2) is 25.2 Å². The highest BCUT2D eigenvalue weighted by Crippen LogP contribution is 2.45. The van der Waals surface area contributed by atoms with E-state index in [9.17, 15) is 136 Å². The number of amides is 3. The third kappa shape index (κ3) is 37.0. The summed E-state index contributed by atoms with van der Waals surface area (Å²) in [5.74, 6) is -16.0. The zero-order valence-electron chi connectivity index (χ0n) is 79.4. The molecule has 6 saturated heterocycles. The number of allylic oxidation sites excluding steroid dienone is 2. The van der Waals surface area contributed by atoms with Gasteiger partial charge in [-0.25, -0.2) is 9.59 Å². The Hall–Kier alpha value is -4.48. The molecule has 0 aliphatic carbocycles. The summed E-state index contributed by atoms with van der Waals surface area (Å²) in [4.78, 5) is 79.9. The van der Waals surface area contributed by atoms with Gasteiger partial charge in [-0.2, -0.15) is 0 Å². The van der Waals surface area contributed by atoms with Crippen molar-refractivity contribution in [1.29, 1.82) is 0 Å². The maximum Gasteiger partial charge on any atom is 0.364 e. The summed E-state index contributed by atoms with van der Waals surface area (Å²) in [6.45, 7) is -0.513. The predicted molar refractivity (Wildman–Crippen MR) is 478 cm³/mol. The number of ketones is 1. The van der Waals surface area contributed by atoms with Crippen LogP contribution in [0.3, 0.4) is 0 Å². The van der Waals surface area contributed by atoms with Crippen molar-refractivity contribution in [1.82, 2.24) is 16.0 Å². The minimum absolute atomic E-state index is 0.119. The van der Waals surface area contributed by atoms with Gasteiger partial charge in [-0.3, -0.25) is 14.4 Å². The van der Waals surface area contributed by atoms with E-state index in [4.69, 9.17) is 56.8 Å². The molecule has 6 fully saturated rings. The Labute approximate surface area is 791 Å². The van der Waals surface area contributed by atoms with Crippen molar-refractivity contribution in [3.05, 3.63) is 12.2 Å². The first kappa shape index (κ1) is 119. The summed E-state index contributed by atoms with van der Waals surface area (Å²) in [6, 6.07) is -4.69. The molecular formula is C93H165N3O39. The Balaban J connectivity index is 1.23. The lowest BCUT2D eigenvalue weighted by Gasteiger charge is -2.53. The molecule has 3 amide bonds. The molecule has 0 aromatic heterocycles. The van der Waals surface area contributed by atoms with Crippen molar-refractivity contribution in [3.8, 4) is 0 Å². The quantitative estimate of drug-likeness (QED) is 0.0288. The van der Waals surface area contributed by atoms with Crippen molar-refractivity contribution < 1.29 is 193 Å². The van der Waals surface area contributed by atoms with Crippen LogP contribution in [0.1, 0.15) is 285 Å². The first-order valence-electron chi connectivity index (χ1n) is 49.4. The summed E-state index contributed by atoms with van der Waals surface area (Å²) in [7, 11) is 0. The number of aliphatic carboxylic acids is 2. The van der Waals surface area contributed by atoms with Crippen LogP contribution in [-0.2, 0) is 85.6 Å². The molecule has 6 heterocycles. The number of aliphatic hydroxyl groups is 19. The minimum atomic E-state index is -3.48. The topological polar surface area (TPSA) is 674 Å². The van der Waals surface area contributed by atoms with Crippen molar-refractivity contribution in [2.75, 3.05) is 46.2 Å². The molecule has 34 atom stereocenters. The van der Waals surface area contributed by atoms with E-state index in [0.717, 1.165) is 91.4 Å². The maximum absolute atomic E-state index is 14.1. The lowest BCUT2D eigenvalue weighted by Crippen LogP contribution is -2.71. The van der Waals surface area contributed by atoms with E-state index < -0.39 is 302 Å². The van der Waals surface area contributed by atoms with Crippen molar-refractivity contribution in [3.63, 3.8) is 0 Å². The highest BCUT2D eigenvalue weighted by Gasteiger charge is 2.64. The van der Waals surface area contributed by atoms with E-state index >= 15 is 0 Å². The Morgan fingerprint density at radius 2 is 0.763 bits per heavy atom. The molecule has 0 spiro atoms. The Kier molecular flexibility index (Phi) is 55.5. The molecule has 6 rings (SSSR count). The van der Waals surface area contributed by atoms with Gasteiger partial charge in [0.1, 0.15) is 128 Å². The number of aliphatic hydroxyl groups excluding tert-OH is 19. The van der Waals surface area contributed by atoms with Gasteiger partial charge in [-0.15, -0.1) is 0 Å². The Bertz CT molecular complexity index is 3350. The van der Waals surface area contributed by atoms with E-state index in [1.807, 2.05) is 0 Å². The summed E-state index contributed by atoms with van der Waals surface area (Å²) in [5, 5.41) is 246. The standard InChI is InChI=1S/C93H165N3O39/c1-6-8-10-12-14-16-18-20-21-22-23-24-25-26-27-28-29-31-33-35-37-39-41-43-68(111)96-58(59(106)42-40-38-36-34-32-30-19-17-15-13-11-9-7-2)53-124-87-76(117)75(116)80(66(51-101)127-87)130-89-78(119)85(135-93(91(122)123)46-61(108)70(95-56(5)105)83(133-93)72(113)63(110)48-98)81(67(52-102)128-89)131-86-57(44-54(3)103)79(73(114)64(49-99)125-86)129-88-77(118)84(74(115)65(50-100)126-88)134-92(90(120)121)45-60(107)69(94-55(4)104)82(132-92)71(112)62(109)47-97/h20-21,57-67,69-89,97-102,106-110,112-119H,6-19,22-53H2,1-5H3,(H,94,104)(H,95,105)(H,96,111)(H,120,121)(H,122,123)/b21-20-/t57-,58+,59-,60+,61+,62-,63-,64-,65-,66-,67-,69-,70-,71-,72-,73+,74+,75-,76-,77-,78-,79-,80-,81+,82?,83?,84+,85-,86+,87-,88+,89+,92+,93+/m1/s1.